The number of hydrogen-bond acceptors (Lipinski definition) is 3. The highest BCUT2D eigenvalue weighted by Crippen LogP contribution is 2.29. The Hall–Kier alpha value is -2.41. The van der Waals surface area contributed by atoms with E-state index in [-0.39, 0.29) is 11.9 Å². The van der Waals surface area contributed by atoms with E-state index in [9.17, 15) is 8.78 Å². The minimum Gasteiger partial charge on any atom is -0.435 e. The molecule has 3 aromatic rings. The summed E-state index contributed by atoms with van der Waals surface area (Å²) < 4.78 is 32.1. The third kappa shape index (κ3) is 4.47. The van der Waals surface area contributed by atoms with Crippen molar-refractivity contribution < 1.29 is 13.5 Å². The second kappa shape index (κ2) is 8.08. The molecule has 0 spiro atoms. The van der Waals surface area contributed by atoms with Crippen molar-refractivity contribution in [3.63, 3.8) is 0 Å². The van der Waals surface area contributed by atoms with Crippen molar-refractivity contribution >= 4 is 21.6 Å². The smallest absolute Gasteiger partial charge is 0.387 e. The van der Waals surface area contributed by atoms with E-state index < -0.39 is 6.61 Å². The fourth-order valence-corrected chi connectivity index (χ4v) is 3.08. The van der Waals surface area contributed by atoms with Gasteiger partial charge in [-0.05, 0) is 66.5 Å². The highest BCUT2D eigenvalue weighted by Gasteiger charge is 2.20. The lowest BCUT2D eigenvalue weighted by molar-refractivity contribution is -0.0498. The number of hydrogen-bond donors (Lipinski definition) is 1. The van der Waals surface area contributed by atoms with Crippen LogP contribution in [0.3, 0.4) is 0 Å². The van der Waals surface area contributed by atoms with Gasteiger partial charge in [0, 0.05) is 5.69 Å². The number of rotatable bonds is 6. The van der Waals surface area contributed by atoms with Crippen LogP contribution in [0.5, 0.6) is 5.75 Å². The average molecular weight is 436 g/mol. The maximum atomic E-state index is 12.4. The van der Waals surface area contributed by atoms with Crippen molar-refractivity contribution in [2.45, 2.75) is 33.5 Å². The maximum Gasteiger partial charge on any atom is 0.387 e. The Bertz CT molecular complexity index is 908. The van der Waals surface area contributed by atoms with E-state index in [1.807, 2.05) is 49.7 Å². The monoisotopic (exact) mass is 435 g/mol. The van der Waals surface area contributed by atoms with Gasteiger partial charge in [0.05, 0.1) is 15.9 Å². The number of anilines is 1. The topological polar surface area (TPSA) is 39.1 Å². The first-order valence-corrected chi connectivity index (χ1v) is 9.23. The number of nitrogens with one attached hydrogen (secondary N) is 1. The molecule has 0 saturated carbocycles. The van der Waals surface area contributed by atoms with Gasteiger partial charge in [-0.1, -0.05) is 29.8 Å². The Morgan fingerprint density at radius 2 is 1.63 bits per heavy atom. The largest absolute Gasteiger partial charge is 0.435 e. The van der Waals surface area contributed by atoms with E-state index in [0.717, 1.165) is 27.1 Å². The van der Waals surface area contributed by atoms with E-state index in [2.05, 4.69) is 31.1 Å². The lowest BCUT2D eigenvalue weighted by Crippen LogP contribution is -2.22. The average Bonchev–Trinajstić information content (AvgIpc) is 2.89. The Balaban J connectivity index is 1.98. The molecule has 1 aromatic heterocycles. The molecule has 3 rings (SSSR count). The number of halogens is 3. The normalized spacial score (nSPS) is 12.3. The molecule has 0 amide bonds. The van der Waals surface area contributed by atoms with Crippen LogP contribution in [0, 0.1) is 20.8 Å². The van der Waals surface area contributed by atoms with Crippen molar-refractivity contribution in [1.29, 1.82) is 0 Å². The minimum atomic E-state index is -2.84. The summed E-state index contributed by atoms with van der Waals surface area (Å²) >= 11 is 3.56. The summed E-state index contributed by atoms with van der Waals surface area (Å²) in [6.45, 7) is 3.09. The first kappa shape index (κ1) is 19.4. The van der Waals surface area contributed by atoms with Gasteiger partial charge >= 0.3 is 6.61 Å². The van der Waals surface area contributed by atoms with E-state index in [4.69, 9.17) is 0 Å². The molecule has 0 bridgehead atoms. The van der Waals surface area contributed by atoms with E-state index in [1.165, 1.54) is 17.7 Å². The summed E-state index contributed by atoms with van der Waals surface area (Å²) in [7, 11) is 0. The summed E-state index contributed by atoms with van der Waals surface area (Å²) in [4.78, 5) is 0. The van der Waals surface area contributed by atoms with Gasteiger partial charge in [0.1, 0.15) is 11.9 Å². The zero-order chi connectivity index (χ0) is 19.6. The maximum absolute atomic E-state index is 12.4. The SMILES string of the molecule is Cc1ccc(N[C@H](c2ccc(OC(F)F)cc2)n2nc(C)c(Br)c2C)cc1. The highest BCUT2D eigenvalue weighted by molar-refractivity contribution is 9.10. The van der Waals surface area contributed by atoms with Crippen molar-refractivity contribution in [2.75, 3.05) is 5.32 Å². The molecule has 4 nitrogen and oxygen atoms in total. The molecular weight excluding hydrogens is 416 g/mol. The number of nitrogens with zero attached hydrogens (tertiary/aromatic N) is 2. The molecule has 0 aliphatic carbocycles. The Kier molecular flexibility index (Phi) is 5.79. The van der Waals surface area contributed by atoms with Crippen LogP contribution in [0.2, 0.25) is 0 Å². The summed E-state index contributed by atoms with van der Waals surface area (Å²) in [6, 6.07) is 14.6. The van der Waals surface area contributed by atoms with Gasteiger partial charge < -0.3 is 10.1 Å². The van der Waals surface area contributed by atoms with Gasteiger partial charge in [-0.15, -0.1) is 0 Å². The molecule has 1 N–H and O–H groups in total. The molecule has 0 saturated heterocycles. The van der Waals surface area contributed by atoms with Gasteiger partial charge in [0.25, 0.3) is 0 Å². The van der Waals surface area contributed by atoms with Gasteiger partial charge in [-0.2, -0.15) is 13.9 Å². The number of aromatic nitrogens is 2. The third-order valence-electron chi connectivity index (χ3n) is 4.26. The van der Waals surface area contributed by atoms with Crippen LogP contribution in [-0.4, -0.2) is 16.4 Å². The molecule has 0 radical (unpaired) electrons. The number of alkyl halides is 2. The van der Waals surface area contributed by atoms with Crippen LogP contribution >= 0.6 is 15.9 Å². The zero-order valence-electron chi connectivity index (χ0n) is 15.2. The molecule has 0 aliphatic rings. The second-order valence-corrected chi connectivity index (χ2v) is 7.08. The van der Waals surface area contributed by atoms with Crippen LogP contribution in [0.4, 0.5) is 14.5 Å². The molecule has 0 fully saturated rings. The highest BCUT2D eigenvalue weighted by atomic mass is 79.9. The number of benzene rings is 2. The Morgan fingerprint density at radius 3 is 2.15 bits per heavy atom. The first-order chi connectivity index (χ1) is 12.8. The lowest BCUT2D eigenvalue weighted by Gasteiger charge is -2.23. The van der Waals surface area contributed by atoms with E-state index in [0.29, 0.717) is 0 Å². The molecular formula is C20H20BrF2N3O. The summed E-state index contributed by atoms with van der Waals surface area (Å²) in [5.41, 5.74) is 4.81. The van der Waals surface area contributed by atoms with Crippen molar-refractivity contribution in [1.82, 2.24) is 9.78 Å². The molecule has 2 aromatic carbocycles. The quantitative estimate of drug-likeness (QED) is 0.529. The lowest BCUT2D eigenvalue weighted by atomic mass is 10.1. The van der Waals surface area contributed by atoms with Gasteiger partial charge in [-0.3, -0.25) is 0 Å². The zero-order valence-corrected chi connectivity index (χ0v) is 16.8. The number of ether oxygens (including phenoxy) is 1. The Morgan fingerprint density at radius 1 is 1.00 bits per heavy atom. The van der Waals surface area contributed by atoms with E-state index >= 15 is 0 Å². The van der Waals surface area contributed by atoms with Gasteiger partial charge in [0.15, 0.2) is 0 Å². The molecule has 142 valence electrons. The van der Waals surface area contributed by atoms with Crippen LogP contribution in [0.1, 0.15) is 28.7 Å². The van der Waals surface area contributed by atoms with Crippen molar-refractivity contribution in [3.05, 3.63) is 75.5 Å². The van der Waals surface area contributed by atoms with Crippen molar-refractivity contribution in [3.8, 4) is 5.75 Å². The second-order valence-electron chi connectivity index (χ2n) is 6.29. The minimum absolute atomic E-state index is 0.123. The van der Waals surface area contributed by atoms with E-state index in [1.54, 1.807) is 12.1 Å². The summed E-state index contributed by atoms with van der Waals surface area (Å²) in [5.74, 6) is 0.123. The number of aryl methyl sites for hydroxylation is 2. The fourth-order valence-electron chi connectivity index (χ4n) is 2.82. The standard InChI is InChI=1S/C20H20BrF2N3O/c1-12-4-8-16(9-5-12)24-19(26-14(3)18(21)13(2)25-26)15-6-10-17(11-7-15)27-20(22)23/h4-11,19-20,24H,1-3H3/t19-/m0/s1. The third-order valence-corrected chi connectivity index (χ3v) is 5.40. The summed E-state index contributed by atoms with van der Waals surface area (Å²) in [5, 5.41) is 8.10. The van der Waals surface area contributed by atoms with Gasteiger partial charge in [-0.25, -0.2) is 4.68 Å². The molecule has 1 heterocycles. The van der Waals surface area contributed by atoms with Gasteiger partial charge in [0.2, 0.25) is 0 Å². The fraction of sp³-hybridized carbons (Fsp3) is 0.250. The van der Waals surface area contributed by atoms with Crippen LogP contribution in [0.25, 0.3) is 0 Å². The molecule has 0 unspecified atom stereocenters. The molecule has 0 aliphatic heterocycles. The first-order valence-electron chi connectivity index (χ1n) is 8.44. The van der Waals surface area contributed by atoms with Crippen LogP contribution < -0.4 is 10.1 Å². The van der Waals surface area contributed by atoms with Crippen LogP contribution in [0.15, 0.2) is 53.0 Å². The predicted octanol–water partition coefficient (Wildman–Crippen LogP) is 5.83. The van der Waals surface area contributed by atoms with Crippen molar-refractivity contribution in [2.24, 2.45) is 0 Å². The van der Waals surface area contributed by atoms with Crippen LogP contribution in [-0.2, 0) is 0 Å². The molecule has 7 heteroatoms. The molecule has 27 heavy (non-hydrogen) atoms. The predicted molar refractivity (Wildman–Crippen MR) is 105 cm³/mol. The summed E-state index contributed by atoms with van der Waals surface area (Å²) in [6.07, 6.45) is -0.307. The molecule has 1 atom stereocenters. The Labute approximate surface area is 165 Å².